The summed E-state index contributed by atoms with van der Waals surface area (Å²) in [6.45, 7) is 19.3. The number of rotatable bonds is 55. The van der Waals surface area contributed by atoms with Crippen LogP contribution in [0.25, 0.3) is 0 Å². The fraction of sp³-hybridized carbons (Fsp3) is 0.979. The van der Waals surface area contributed by atoms with Crippen LogP contribution in [0.1, 0.15) is 130 Å². The summed E-state index contributed by atoms with van der Waals surface area (Å²) in [5, 5.41) is 0. The molecule has 14 nitrogen and oxygen atoms in total. The third-order valence-corrected chi connectivity index (χ3v) is 9.69. The van der Waals surface area contributed by atoms with Gasteiger partial charge in [0.2, 0.25) is 0 Å². The van der Waals surface area contributed by atoms with E-state index in [4.69, 9.17) is 61.6 Å². The molecule has 0 bridgehead atoms. The summed E-state index contributed by atoms with van der Waals surface area (Å²) >= 11 is 0. The van der Waals surface area contributed by atoms with Crippen LogP contribution in [0.15, 0.2) is 0 Å². The van der Waals surface area contributed by atoms with Gasteiger partial charge >= 0.3 is 5.97 Å². The molecule has 0 aliphatic heterocycles. The molecule has 0 spiro atoms. The smallest absolute Gasteiger partial charge is 0.308 e. The Labute approximate surface area is 372 Å². The van der Waals surface area contributed by atoms with Gasteiger partial charge < -0.3 is 61.6 Å². The van der Waals surface area contributed by atoms with Crippen molar-refractivity contribution >= 4 is 5.97 Å². The first kappa shape index (κ1) is 60.0. The van der Waals surface area contributed by atoms with Gasteiger partial charge in [0.15, 0.2) is 0 Å². The largest absolute Gasteiger partial charge is 0.463 e. The highest BCUT2D eigenvalue weighted by Gasteiger charge is 2.17. The lowest BCUT2D eigenvalue weighted by atomic mass is 10.00. The Balaban J connectivity index is 3.12. The monoisotopic (exact) mass is 883 g/mol. The zero-order chi connectivity index (χ0) is 44.0. The van der Waals surface area contributed by atoms with Gasteiger partial charge in [0.1, 0.15) is 6.61 Å². The maximum Gasteiger partial charge on any atom is 0.308 e. The lowest BCUT2D eigenvalue weighted by Crippen LogP contribution is -2.20. The fourth-order valence-electron chi connectivity index (χ4n) is 6.00. The van der Waals surface area contributed by atoms with E-state index in [0.29, 0.717) is 152 Å². The van der Waals surface area contributed by atoms with Crippen LogP contribution in [0.4, 0.5) is 0 Å². The maximum absolute atomic E-state index is 12.0. The Morgan fingerprint density at radius 2 is 0.508 bits per heavy atom. The molecule has 0 heterocycles. The van der Waals surface area contributed by atoms with Gasteiger partial charge in [-0.3, -0.25) is 4.79 Å². The summed E-state index contributed by atoms with van der Waals surface area (Å²) in [5.41, 5.74) is 0. The summed E-state index contributed by atoms with van der Waals surface area (Å²) in [5.74, 6) is -0.124. The van der Waals surface area contributed by atoms with Crippen LogP contribution < -0.4 is 0 Å². The van der Waals surface area contributed by atoms with Gasteiger partial charge in [-0.25, -0.2) is 0 Å². The van der Waals surface area contributed by atoms with E-state index < -0.39 is 0 Å². The normalized spacial score (nSPS) is 12.1. The minimum Gasteiger partial charge on any atom is -0.463 e. The Morgan fingerprint density at radius 1 is 0.279 bits per heavy atom. The second-order valence-electron chi connectivity index (χ2n) is 15.0. The zero-order valence-electron chi connectivity index (χ0n) is 39.5. The van der Waals surface area contributed by atoms with Gasteiger partial charge in [0.25, 0.3) is 0 Å². The highest BCUT2D eigenvalue weighted by molar-refractivity contribution is 5.72. The molecule has 0 saturated carbocycles. The van der Waals surface area contributed by atoms with E-state index in [9.17, 15) is 4.79 Å². The van der Waals surface area contributed by atoms with Crippen LogP contribution in [0.5, 0.6) is 0 Å². The van der Waals surface area contributed by atoms with Crippen LogP contribution in [0.3, 0.4) is 0 Å². The molecular weight excluding hydrogens is 789 g/mol. The molecule has 0 saturated heterocycles. The first-order valence-electron chi connectivity index (χ1n) is 24.4. The Bertz CT molecular complexity index is 811. The van der Waals surface area contributed by atoms with E-state index in [1.165, 1.54) is 77.0 Å². The predicted molar refractivity (Wildman–Crippen MR) is 240 cm³/mol. The quantitative estimate of drug-likeness (QED) is 0.0431. The lowest BCUT2D eigenvalue weighted by molar-refractivity contribution is -0.150. The van der Waals surface area contributed by atoms with Crippen molar-refractivity contribution < 1.29 is 66.4 Å². The number of unbranched alkanes of at least 4 members (excludes halogenated alkanes) is 13. The SMILES string of the molecule is CCCCCCCCCCCCCCCOCCOCCOCCOCCOCCOCCOCCOCCOCCOCCOCCOCCOC(=O)C(CC)CCCC. The summed E-state index contributed by atoms with van der Waals surface area (Å²) < 4.78 is 71.7. The number of hydrogen-bond donors (Lipinski definition) is 0. The van der Waals surface area contributed by atoms with Gasteiger partial charge in [0.05, 0.1) is 158 Å². The first-order valence-corrected chi connectivity index (χ1v) is 24.4. The molecule has 14 heteroatoms. The third kappa shape index (κ3) is 51.5. The lowest BCUT2D eigenvalue weighted by Gasteiger charge is -2.13. The molecule has 1 unspecified atom stereocenters. The molecule has 0 radical (unpaired) electrons. The highest BCUT2D eigenvalue weighted by Crippen LogP contribution is 2.14. The van der Waals surface area contributed by atoms with Crippen LogP contribution >= 0.6 is 0 Å². The fourth-order valence-corrected chi connectivity index (χ4v) is 6.00. The molecule has 0 aliphatic carbocycles. The second kappa shape index (κ2) is 55.1. The first-order chi connectivity index (χ1) is 30.3. The standard InChI is InChI=1S/C47H94O14/c1-4-7-9-10-11-12-13-14-15-16-17-18-19-21-49-22-23-50-24-25-51-26-27-52-28-29-53-30-31-54-32-33-55-34-35-56-36-37-57-38-39-58-40-41-59-42-43-60-44-45-61-47(48)46(6-3)20-8-5-2/h46H,4-45H2,1-3H3. The summed E-state index contributed by atoms with van der Waals surface area (Å²) in [4.78, 5) is 12.0. The van der Waals surface area contributed by atoms with Crippen molar-refractivity contribution in [2.45, 2.75) is 130 Å². The van der Waals surface area contributed by atoms with Crippen LogP contribution in [-0.2, 0) is 66.4 Å². The second-order valence-corrected chi connectivity index (χ2v) is 15.0. The van der Waals surface area contributed by atoms with Gasteiger partial charge in [-0.1, -0.05) is 111 Å². The van der Waals surface area contributed by atoms with E-state index >= 15 is 0 Å². The van der Waals surface area contributed by atoms with Crippen LogP contribution in [0, 0.1) is 5.92 Å². The van der Waals surface area contributed by atoms with Gasteiger partial charge in [-0.15, -0.1) is 0 Å². The molecule has 0 aliphatic rings. The topological polar surface area (TPSA) is 137 Å². The van der Waals surface area contributed by atoms with E-state index in [0.717, 1.165) is 38.7 Å². The molecule has 0 N–H and O–H groups in total. The average Bonchev–Trinajstić information content (AvgIpc) is 3.27. The molecule has 61 heavy (non-hydrogen) atoms. The molecule has 366 valence electrons. The van der Waals surface area contributed by atoms with Crippen molar-refractivity contribution in [2.24, 2.45) is 5.92 Å². The number of carbonyl (C=O) groups excluding carboxylic acids is 1. The van der Waals surface area contributed by atoms with Crippen LogP contribution in [-0.4, -0.2) is 171 Å². The molecule has 0 amide bonds. The molecule has 0 rings (SSSR count). The Hall–Kier alpha value is -1.01. The molecule has 0 fully saturated rings. The van der Waals surface area contributed by atoms with Crippen molar-refractivity contribution in [2.75, 3.05) is 165 Å². The Kier molecular flexibility index (Phi) is 54.2. The maximum atomic E-state index is 12.0. The van der Waals surface area contributed by atoms with E-state index in [1.54, 1.807) is 0 Å². The molecule has 0 aromatic rings. The van der Waals surface area contributed by atoms with Crippen molar-refractivity contribution in [1.29, 1.82) is 0 Å². The van der Waals surface area contributed by atoms with Crippen molar-refractivity contribution in [1.82, 2.24) is 0 Å². The predicted octanol–water partition coefficient (Wildman–Crippen LogP) is 8.04. The van der Waals surface area contributed by atoms with E-state index in [1.807, 2.05) is 6.92 Å². The van der Waals surface area contributed by atoms with Crippen LogP contribution in [0.2, 0.25) is 0 Å². The molecular formula is C47H94O14. The van der Waals surface area contributed by atoms with Gasteiger partial charge in [0, 0.05) is 6.61 Å². The number of carbonyl (C=O) groups is 1. The van der Waals surface area contributed by atoms with Gasteiger partial charge in [-0.2, -0.15) is 0 Å². The number of ether oxygens (including phenoxy) is 13. The minimum atomic E-state index is -0.119. The highest BCUT2D eigenvalue weighted by atomic mass is 16.6. The average molecular weight is 883 g/mol. The number of esters is 1. The molecule has 1 atom stereocenters. The van der Waals surface area contributed by atoms with Crippen molar-refractivity contribution in [3.8, 4) is 0 Å². The summed E-state index contributed by atoms with van der Waals surface area (Å²) in [6, 6.07) is 0. The van der Waals surface area contributed by atoms with Crippen molar-refractivity contribution in [3.63, 3.8) is 0 Å². The molecule has 0 aromatic heterocycles. The third-order valence-electron chi connectivity index (χ3n) is 9.69. The summed E-state index contributed by atoms with van der Waals surface area (Å²) in [7, 11) is 0. The van der Waals surface area contributed by atoms with Gasteiger partial charge in [-0.05, 0) is 19.3 Å². The number of hydrogen-bond acceptors (Lipinski definition) is 14. The van der Waals surface area contributed by atoms with E-state index in [-0.39, 0.29) is 18.5 Å². The minimum absolute atomic E-state index is 0.00466. The molecule has 0 aromatic carbocycles. The zero-order valence-corrected chi connectivity index (χ0v) is 39.5. The Morgan fingerprint density at radius 3 is 0.770 bits per heavy atom. The van der Waals surface area contributed by atoms with Crippen molar-refractivity contribution in [3.05, 3.63) is 0 Å². The summed E-state index contributed by atoms with van der Waals surface area (Å²) in [6.07, 6.45) is 21.6. The van der Waals surface area contributed by atoms with E-state index in [2.05, 4.69) is 13.8 Å².